The summed E-state index contributed by atoms with van der Waals surface area (Å²) in [6.45, 7) is 0. The Bertz CT molecular complexity index is 712. The molecule has 0 aliphatic carbocycles. The van der Waals surface area contributed by atoms with E-state index in [9.17, 15) is 14.7 Å². The van der Waals surface area contributed by atoms with Gasteiger partial charge in [-0.05, 0) is 35.9 Å². The Labute approximate surface area is 140 Å². The van der Waals surface area contributed by atoms with E-state index < -0.39 is 17.9 Å². The van der Waals surface area contributed by atoms with Crippen molar-refractivity contribution in [3.8, 4) is 11.5 Å². The number of ether oxygens (including phenoxy) is 2. The minimum Gasteiger partial charge on any atom is -0.508 e. The first-order valence-corrected chi connectivity index (χ1v) is 7.34. The number of nitrogens with one attached hydrogen (secondary N) is 1. The molecule has 2 N–H and O–H groups in total. The fraction of sp³-hybridized carbons (Fsp3) is 0.222. The number of carbonyl (C=O) groups excluding carboxylic acids is 2. The monoisotopic (exact) mass is 329 g/mol. The first-order chi connectivity index (χ1) is 11.5. The van der Waals surface area contributed by atoms with Crippen molar-refractivity contribution in [3.63, 3.8) is 0 Å². The van der Waals surface area contributed by atoms with E-state index in [2.05, 4.69) is 5.32 Å². The van der Waals surface area contributed by atoms with Gasteiger partial charge in [-0.3, -0.25) is 4.79 Å². The van der Waals surface area contributed by atoms with Gasteiger partial charge in [-0.1, -0.05) is 18.2 Å². The van der Waals surface area contributed by atoms with Crippen molar-refractivity contribution in [3.05, 3.63) is 59.7 Å². The number of benzene rings is 2. The number of phenols is 1. The Morgan fingerprint density at radius 1 is 1.12 bits per heavy atom. The molecule has 2 aromatic rings. The molecule has 0 saturated carbocycles. The lowest BCUT2D eigenvalue weighted by molar-refractivity contribution is -0.142. The maximum Gasteiger partial charge on any atom is 0.328 e. The van der Waals surface area contributed by atoms with Gasteiger partial charge in [0.25, 0.3) is 5.91 Å². The summed E-state index contributed by atoms with van der Waals surface area (Å²) in [5, 5.41) is 12.1. The van der Waals surface area contributed by atoms with Gasteiger partial charge in [0.05, 0.1) is 14.2 Å². The van der Waals surface area contributed by atoms with E-state index in [1.165, 1.54) is 19.2 Å². The van der Waals surface area contributed by atoms with Crippen LogP contribution in [0.4, 0.5) is 0 Å². The lowest BCUT2D eigenvalue weighted by Gasteiger charge is -2.17. The quantitative estimate of drug-likeness (QED) is 0.791. The topological polar surface area (TPSA) is 84.9 Å². The molecule has 0 heterocycles. The number of amides is 1. The molecular weight excluding hydrogens is 310 g/mol. The molecule has 0 spiro atoms. The van der Waals surface area contributed by atoms with Gasteiger partial charge in [0.2, 0.25) is 0 Å². The van der Waals surface area contributed by atoms with E-state index in [-0.39, 0.29) is 17.7 Å². The number of hydrogen-bond acceptors (Lipinski definition) is 5. The van der Waals surface area contributed by atoms with Gasteiger partial charge >= 0.3 is 5.97 Å². The van der Waals surface area contributed by atoms with Crippen molar-refractivity contribution in [2.24, 2.45) is 0 Å². The van der Waals surface area contributed by atoms with Crippen molar-refractivity contribution >= 4 is 11.9 Å². The van der Waals surface area contributed by atoms with Crippen LogP contribution in [0.15, 0.2) is 48.5 Å². The van der Waals surface area contributed by atoms with E-state index in [0.29, 0.717) is 5.75 Å². The summed E-state index contributed by atoms with van der Waals surface area (Å²) in [4.78, 5) is 24.2. The molecule has 2 rings (SSSR count). The van der Waals surface area contributed by atoms with Gasteiger partial charge in [-0.25, -0.2) is 4.79 Å². The SMILES string of the molecule is COC(=O)[C@H](Cc1ccc(OC)cc1)NC(=O)c1cccc(O)c1. The van der Waals surface area contributed by atoms with Gasteiger partial charge in [0.1, 0.15) is 17.5 Å². The third-order valence-corrected chi connectivity index (χ3v) is 3.50. The highest BCUT2D eigenvalue weighted by atomic mass is 16.5. The number of methoxy groups -OCH3 is 2. The Balaban J connectivity index is 2.12. The Morgan fingerprint density at radius 3 is 2.42 bits per heavy atom. The summed E-state index contributed by atoms with van der Waals surface area (Å²) in [7, 11) is 2.84. The second kappa shape index (κ2) is 8.01. The minimum atomic E-state index is -0.835. The number of aromatic hydroxyl groups is 1. The number of hydrogen-bond donors (Lipinski definition) is 2. The molecule has 126 valence electrons. The predicted molar refractivity (Wildman–Crippen MR) is 88.1 cm³/mol. The Kier molecular flexibility index (Phi) is 5.78. The van der Waals surface area contributed by atoms with Crippen molar-refractivity contribution in [1.82, 2.24) is 5.32 Å². The fourth-order valence-electron chi connectivity index (χ4n) is 2.22. The van der Waals surface area contributed by atoms with Gasteiger partial charge in [0, 0.05) is 12.0 Å². The van der Waals surface area contributed by atoms with Crippen molar-refractivity contribution < 1.29 is 24.2 Å². The van der Waals surface area contributed by atoms with E-state index in [1.807, 2.05) is 12.1 Å². The molecule has 6 heteroatoms. The second-order valence-corrected chi connectivity index (χ2v) is 5.15. The average molecular weight is 329 g/mol. The van der Waals surface area contributed by atoms with E-state index in [0.717, 1.165) is 5.56 Å². The molecule has 2 aromatic carbocycles. The summed E-state index contributed by atoms with van der Waals surface area (Å²) < 4.78 is 9.85. The average Bonchev–Trinajstić information content (AvgIpc) is 2.61. The first kappa shape index (κ1) is 17.3. The molecule has 0 bridgehead atoms. The van der Waals surface area contributed by atoms with Crippen LogP contribution in [0.2, 0.25) is 0 Å². The van der Waals surface area contributed by atoms with Crippen molar-refractivity contribution in [2.75, 3.05) is 14.2 Å². The summed E-state index contributed by atoms with van der Waals surface area (Å²) >= 11 is 0. The molecule has 0 aliphatic rings. The van der Waals surface area contributed by atoms with Gasteiger partial charge in [-0.15, -0.1) is 0 Å². The van der Waals surface area contributed by atoms with Gasteiger partial charge < -0.3 is 19.9 Å². The molecule has 1 atom stereocenters. The Hall–Kier alpha value is -3.02. The standard InChI is InChI=1S/C18H19NO5/c1-23-15-8-6-12(7-9-15)10-16(18(22)24-2)19-17(21)13-4-3-5-14(20)11-13/h3-9,11,16,20H,10H2,1-2H3,(H,19,21)/t16-/m0/s1. The smallest absolute Gasteiger partial charge is 0.328 e. The van der Waals surface area contributed by atoms with Crippen LogP contribution >= 0.6 is 0 Å². The molecular formula is C18H19NO5. The third-order valence-electron chi connectivity index (χ3n) is 3.50. The maximum atomic E-state index is 12.3. The number of rotatable bonds is 6. The van der Waals surface area contributed by atoms with Crippen LogP contribution in [0.25, 0.3) is 0 Å². The van der Waals surface area contributed by atoms with E-state index >= 15 is 0 Å². The van der Waals surface area contributed by atoms with Crippen LogP contribution in [0.5, 0.6) is 11.5 Å². The van der Waals surface area contributed by atoms with Crippen LogP contribution in [-0.4, -0.2) is 37.2 Å². The highest BCUT2D eigenvalue weighted by Crippen LogP contribution is 2.14. The number of carbonyl (C=O) groups is 2. The van der Waals surface area contributed by atoms with Crippen LogP contribution in [0.3, 0.4) is 0 Å². The van der Waals surface area contributed by atoms with E-state index in [4.69, 9.17) is 9.47 Å². The number of phenolic OH excluding ortho intramolecular Hbond substituents is 1. The first-order valence-electron chi connectivity index (χ1n) is 7.34. The zero-order chi connectivity index (χ0) is 17.5. The Morgan fingerprint density at radius 2 is 1.83 bits per heavy atom. The van der Waals surface area contributed by atoms with Gasteiger partial charge in [-0.2, -0.15) is 0 Å². The zero-order valence-electron chi connectivity index (χ0n) is 13.5. The maximum absolute atomic E-state index is 12.3. The fourth-order valence-corrected chi connectivity index (χ4v) is 2.22. The molecule has 0 unspecified atom stereocenters. The summed E-state index contributed by atoms with van der Waals surface area (Å²) in [6, 6.07) is 12.3. The van der Waals surface area contributed by atoms with Crippen LogP contribution in [0, 0.1) is 0 Å². The second-order valence-electron chi connectivity index (χ2n) is 5.15. The summed E-state index contributed by atoms with van der Waals surface area (Å²) in [5.41, 5.74) is 1.11. The minimum absolute atomic E-state index is 0.0209. The summed E-state index contributed by atoms with van der Waals surface area (Å²) in [6.07, 6.45) is 0.279. The molecule has 0 saturated heterocycles. The molecule has 6 nitrogen and oxygen atoms in total. The summed E-state index contributed by atoms with van der Waals surface area (Å²) in [5.74, 6) is -0.321. The normalized spacial score (nSPS) is 11.4. The molecule has 1 amide bonds. The van der Waals surface area contributed by atoms with Crippen LogP contribution in [0.1, 0.15) is 15.9 Å². The van der Waals surface area contributed by atoms with Crippen LogP contribution in [-0.2, 0) is 16.0 Å². The largest absolute Gasteiger partial charge is 0.508 e. The highest BCUT2D eigenvalue weighted by molar-refractivity contribution is 5.97. The molecule has 0 radical (unpaired) electrons. The molecule has 24 heavy (non-hydrogen) atoms. The molecule has 0 aromatic heterocycles. The lowest BCUT2D eigenvalue weighted by Crippen LogP contribution is -2.43. The number of esters is 1. The third kappa shape index (κ3) is 4.49. The van der Waals surface area contributed by atoms with Crippen molar-refractivity contribution in [1.29, 1.82) is 0 Å². The predicted octanol–water partition coefficient (Wildman–Crippen LogP) is 1.91. The molecule has 0 fully saturated rings. The zero-order valence-corrected chi connectivity index (χ0v) is 13.5. The van der Waals surface area contributed by atoms with Crippen molar-refractivity contribution in [2.45, 2.75) is 12.5 Å². The van der Waals surface area contributed by atoms with Gasteiger partial charge in [0.15, 0.2) is 0 Å². The van der Waals surface area contributed by atoms with E-state index in [1.54, 1.807) is 31.4 Å². The highest BCUT2D eigenvalue weighted by Gasteiger charge is 2.22. The van der Waals surface area contributed by atoms with Crippen LogP contribution < -0.4 is 10.1 Å². The lowest BCUT2D eigenvalue weighted by atomic mass is 10.0. The molecule has 0 aliphatic heterocycles.